The Bertz CT molecular complexity index is 425. The molecule has 1 rings (SSSR count). The summed E-state index contributed by atoms with van der Waals surface area (Å²) in [5, 5.41) is 0. The number of hydrogen-bond acceptors (Lipinski definition) is 2. The summed E-state index contributed by atoms with van der Waals surface area (Å²) >= 11 is 0. The molecule has 0 bridgehead atoms. The van der Waals surface area contributed by atoms with Crippen molar-refractivity contribution in [1.29, 1.82) is 0 Å². The van der Waals surface area contributed by atoms with E-state index < -0.39 is 23.2 Å². The van der Waals surface area contributed by atoms with Gasteiger partial charge in [-0.1, -0.05) is 0 Å². The van der Waals surface area contributed by atoms with Gasteiger partial charge in [-0.3, -0.25) is 0 Å². The van der Waals surface area contributed by atoms with Crippen LogP contribution in [0.5, 0.6) is 0 Å². The van der Waals surface area contributed by atoms with Gasteiger partial charge in [-0.15, -0.1) is 0 Å². The van der Waals surface area contributed by atoms with E-state index in [1.54, 1.807) is 20.8 Å². The van der Waals surface area contributed by atoms with Crippen LogP contribution in [0.25, 0.3) is 6.08 Å². The Hall–Kier alpha value is -1.71. The minimum absolute atomic E-state index is 0.272. The number of benzene rings is 1. The zero-order chi connectivity index (χ0) is 13.1. The minimum atomic E-state index is -0.686. The second-order valence-corrected chi connectivity index (χ2v) is 4.57. The predicted molar refractivity (Wildman–Crippen MR) is 61.2 cm³/mol. The molecule has 0 amide bonds. The SMILES string of the molecule is CC(C)(C)OC(=O)/C=C/c1cc(F)cc(F)c1. The van der Waals surface area contributed by atoms with Crippen molar-refractivity contribution in [1.82, 2.24) is 0 Å². The third-order valence-corrected chi connectivity index (χ3v) is 1.70. The average molecular weight is 240 g/mol. The Morgan fingerprint density at radius 1 is 1.18 bits per heavy atom. The first kappa shape index (κ1) is 13.4. The molecule has 0 radical (unpaired) electrons. The first-order valence-corrected chi connectivity index (χ1v) is 5.13. The molecule has 4 heteroatoms. The fourth-order valence-corrected chi connectivity index (χ4v) is 1.17. The van der Waals surface area contributed by atoms with Gasteiger partial charge in [0.05, 0.1) is 0 Å². The summed E-state index contributed by atoms with van der Waals surface area (Å²) in [6.45, 7) is 5.21. The van der Waals surface area contributed by atoms with Gasteiger partial charge in [0.15, 0.2) is 0 Å². The molecule has 0 saturated heterocycles. The number of halogens is 2. The maximum atomic E-state index is 12.8. The van der Waals surface area contributed by atoms with E-state index in [0.717, 1.165) is 24.3 Å². The third-order valence-electron chi connectivity index (χ3n) is 1.70. The molecule has 0 spiro atoms. The van der Waals surface area contributed by atoms with Crippen molar-refractivity contribution >= 4 is 12.0 Å². The fraction of sp³-hybridized carbons (Fsp3) is 0.308. The molecule has 1 aromatic rings. The second-order valence-electron chi connectivity index (χ2n) is 4.57. The standard InChI is InChI=1S/C13H14F2O2/c1-13(2,3)17-12(16)5-4-9-6-10(14)8-11(15)7-9/h4-8H,1-3H3/b5-4+. The van der Waals surface area contributed by atoms with Crippen molar-refractivity contribution < 1.29 is 18.3 Å². The van der Waals surface area contributed by atoms with Crippen LogP contribution in [0.15, 0.2) is 24.3 Å². The zero-order valence-corrected chi connectivity index (χ0v) is 9.96. The first-order valence-electron chi connectivity index (χ1n) is 5.13. The van der Waals surface area contributed by atoms with Crippen LogP contribution in [-0.2, 0) is 9.53 Å². The number of esters is 1. The normalized spacial score (nSPS) is 11.8. The van der Waals surface area contributed by atoms with Crippen LogP contribution in [0.4, 0.5) is 8.78 Å². The van der Waals surface area contributed by atoms with Crippen LogP contribution >= 0.6 is 0 Å². The molecule has 0 aromatic heterocycles. The first-order chi connectivity index (χ1) is 7.76. The molecular weight excluding hydrogens is 226 g/mol. The molecule has 17 heavy (non-hydrogen) atoms. The molecular formula is C13H14F2O2. The summed E-state index contributed by atoms with van der Waals surface area (Å²) in [5.41, 5.74) is -0.317. The summed E-state index contributed by atoms with van der Waals surface area (Å²) < 4.78 is 30.7. The molecule has 1 aromatic carbocycles. The van der Waals surface area contributed by atoms with E-state index in [2.05, 4.69) is 0 Å². The Balaban J connectivity index is 2.74. The van der Waals surface area contributed by atoms with Crippen LogP contribution in [0.2, 0.25) is 0 Å². The summed E-state index contributed by atoms with van der Waals surface area (Å²) in [4.78, 5) is 11.3. The molecule has 0 heterocycles. The van der Waals surface area contributed by atoms with Gasteiger partial charge in [0.25, 0.3) is 0 Å². The lowest BCUT2D eigenvalue weighted by Crippen LogP contribution is -2.22. The maximum Gasteiger partial charge on any atom is 0.331 e. The zero-order valence-electron chi connectivity index (χ0n) is 9.96. The minimum Gasteiger partial charge on any atom is -0.457 e. The molecule has 0 aliphatic rings. The molecule has 92 valence electrons. The van der Waals surface area contributed by atoms with Gasteiger partial charge in [-0.2, -0.15) is 0 Å². The van der Waals surface area contributed by atoms with Crippen molar-refractivity contribution in [2.75, 3.05) is 0 Å². The van der Waals surface area contributed by atoms with Gasteiger partial charge in [0.2, 0.25) is 0 Å². The lowest BCUT2D eigenvalue weighted by molar-refractivity contribution is -0.148. The number of carbonyl (C=O) groups excluding carboxylic acids is 1. The highest BCUT2D eigenvalue weighted by molar-refractivity contribution is 5.87. The van der Waals surface area contributed by atoms with E-state index in [1.807, 2.05) is 0 Å². The van der Waals surface area contributed by atoms with Crippen LogP contribution in [-0.4, -0.2) is 11.6 Å². The van der Waals surface area contributed by atoms with Crippen molar-refractivity contribution in [3.8, 4) is 0 Å². The Morgan fingerprint density at radius 3 is 2.18 bits per heavy atom. The number of carbonyl (C=O) groups is 1. The Kier molecular flexibility index (Phi) is 3.99. The maximum absolute atomic E-state index is 12.8. The lowest BCUT2D eigenvalue weighted by Gasteiger charge is -2.17. The van der Waals surface area contributed by atoms with Gasteiger partial charge in [-0.25, -0.2) is 13.6 Å². The van der Waals surface area contributed by atoms with Gasteiger partial charge in [0.1, 0.15) is 17.2 Å². The molecule has 0 unspecified atom stereocenters. The number of ether oxygens (including phenoxy) is 1. The van der Waals surface area contributed by atoms with E-state index in [9.17, 15) is 13.6 Å². The van der Waals surface area contributed by atoms with Gasteiger partial charge < -0.3 is 4.74 Å². The van der Waals surface area contributed by atoms with Crippen LogP contribution in [0, 0.1) is 11.6 Å². The summed E-state index contributed by atoms with van der Waals surface area (Å²) in [6, 6.07) is 3.03. The molecule has 2 nitrogen and oxygen atoms in total. The number of rotatable bonds is 2. The van der Waals surface area contributed by atoms with Crippen molar-refractivity contribution in [3.05, 3.63) is 41.5 Å². The van der Waals surface area contributed by atoms with Crippen LogP contribution in [0.1, 0.15) is 26.3 Å². The highest BCUT2D eigenvalue weighted by Gasteiger charge is 2.13. The van der Waals surface area contributed by atoms with E-state index in [0.29, 0.717) is 0 Å². The van der Waals surface area contributed by atoms with Crippen LogP contribution in [0.3, 0.4) is 0 Å². The van der Waals surface area contributed by atoms with Crippen molar-refractivity contribution in [3.63, 3.8) is 0 Å². The molecule has 0 fully saturated rings. The van der Waals surface area contributed by atoms with E-state index in [4.69, 9.17) is 4.74 Å². The predicted octanol–water partition coefficient (Wildman–Crippen LogP) is 3.32. The Morgan fingerprint density at radius 2 is 1.71 bits per heavy atom. The van der Waals surface area contributed by atoms with E-state index in [-0.39, 0.29) is 5.56 Å². The molecule has 0 saturated carbocycles. The van der Waals surface area contributed by atoms with Crippen molar-refractivity contribution in [2.24, 2.45) is 0 Å². The van der Waals surface area contributed by atoms with Gasteiger partial charge in [0, 0.05) is 12.1 Å². The average Bonchev–Trinajstić information content (AvgIpc) is 2.10. The molecule has 0 aliphatic heterocycles. The third kappa shape index (κ3) is 5.24. The summed E-state index contributed by atoms with van der Waals surface area (Å²) in [5.74, 6) is -1.93. The summed E-state index contributed by atoms with van der Waals surface area (Å²) in [7, 11) is 0. The Labute approximate surface area is 98.9 Å². The fourth-order valence-electron chi connectivity index (χ4n) is 1.17. The molecule has 0 N–H and O–H groups in total. The highest BCUT2D eigenvalue weighted by Crippen LogP contribution is 2.11. The monoisotopic (exact) mass is 240 g/mol. The molecule has 0 atom stereocenters. The quantitative estimate of drug-likeness (QED) is 0.585. The lowest BCUT2D eigenvalue weighted by atomic mass is 10.2. The topological polar surface area (TPSA) is 26.3 Å². The van der Waals surface area contributed by atoms with Gasteiger partial charge >= 0.3 is 5.97 Å². The second kappa shape index (κ2) is 5.08. The highest BCUT2D eigenvalue weighted by atomic mass is 19.1. The summed E-state index contributed by atoms with van der Waals surface area (Å²) in [6.07, 6.45) is 2.44. The smallest absolute Gasteiger partial charge is 0.331 e. The van der Waals surface area contributed by atoms with Crippen LogP contribution < -0.4 is 0 Å². The number of hydrogen-bond donors (Lipinski definition) is 0. The largest absolute Gasteiger partial charge is 0.457 e. The van der Waals surface area contributed by atoms with Crippen molar-refractivity contribution in [2.45, 2.75) is 26.4 Å². The molecule has 0 aliphatic carbocycles. The van der Waals surface area contributed by atoms with E-state index in [1.165, 1.54) is 6.08 Å². The van der Waals surface area contributed by atoms with E-state index >= 15 is 0 Å². The van der Waals surface area contributed by atoms with Gasteiger partial charge in [-0.05, 0) is 44.5 Å².